The lowest BCUT2D eigenvalue weighted by Gasteiger charge is -2.24. The number of hydrogen-bond acceptors (Lipinski definition) is 9. The topological polar surface area (TPSA) is 131 Å². The van der Waals surface area contributed by atoms with Gasteiger partial charge in [-0.15, -0.1) is 12.4 Å². The molecule has 0 saturated heterocycles. The molecule has 26 heavy (non-hydrogen) atoms. The van der Waals surface area contributed by atoms with E-state index in [2.05, 4.69) is 0 Å². The van der Waals surface area contributed by atoms with E-state index in [1.807, 2.05) is 0 Å². The molecular weight excluding hydrogens is 370 g/mol. The fourth-order valence-electron chi connectivity index (χ4n) is 3.30. The number of carbonyl (C=O) groups excluding carboxylic acids is 4. The van der Waals surface area contributed by atoms with Gasteiger partial charge in [-0.3, -0.25) is 14.4 Å². The Balaban J connectivity index is 0.00000338. The SMILES string of the molecule is CCC(=O)OCOC(=O)[C@H]1[C@@H]2CC[C@@](N)(C(=O)OCOC(=O)CC)[C@@H]21.Cl. The molecule has 0 heterocycles. The summed E-state index contributed by atoms with van der Waals surface area (Å²) < 4.78 is 19.2. The summed E-state index contributed by atoms with van der Waals surface area (Å²) in [6.07, 6.45) is 1.34. The third-order valence-electron chi connectivity index (χ3n) is 4.72. The van der Waals surface area contributed by atoms with Crippen molar-refractivity contribution in [2.45, 2.75) is 45.1 Å². The van der Waals surface area contributed by atoms with Gasteiger partial charge in [0.2, 0.25) is 13.6 Å². The normalized spacial score (nSPS) is 28.2. The molecule has 148 valence electrons. The van der Waals surface area contributed by atoms with Crippen LogP contribution in [0.25, 0.3) is 0 Å². The lowest BCUT2D eigenvalue weighted by molar-refractivity contribution is -0.171. The minimum absolute atomic E-state index is 0. The molecule has 2 aliphatic carbocycles. The van der Waals surface area contributed by atoms with Gasteiger partial charge in [-0.25, -0.2) is 4.79 Å². The van der Waals surface area contributed by atoms with E-state index in [0.29, 0.717) is 12.8 Å². The molecule has 2 fully saturated rings. The average molecular weight is 394 g/mol. The summed E-state index contributed by atoms with van der Waals surface area (Å²) in [5.41, 5.74) is 4.86. The number of hydrogen-bond donors (Lipinski definition) is 1. The van der Waals surface area contributed by atoms with E-state index in [1.54, 1.807) is 13.8 Å². The zero-order valence-electron chi connectivity index (χ0n) is 14.7. The van der Waals surface area contributed by atoms with Crippen LogP contribution in [0.5, 0.6) is 0 Å². The molecule has 0 unspecified atom stereocenters. The van der Waals surface area contributed by atoms with Crippen molar-refractivity contribution in [2.24, 2.45) is 23.5 Å². The quantitative estimate of drug-likeness (QED) is 0.466. The summed E-state index contributed by atoms with van der Waals surface area (Å²) >= 11 is 0. The molecule has 0 aliphatic heterocycles. The maximum absolute atomic E-state index is 12.2. The predicted octanol–water partition coefficient (Wildman–Crippen LogP) is 0.669. The van der Waals surface area contributed by atoms with E-state index in [1.165, 1.54) is 0 Å². The van der Waals surface area contributed by atoms with Gasteiger partial charge in [0.25, 0.3) is 0 Å². The van der Waals surface area contributed by atoms with Crippen molar-refractivity contribution in [1.82, 2.24) is 0 Å². The van der Waals surface area contributed by atoms with Gasteiger partial charge in [0, 0.05) is 18.8 Å². The minimum Gasteiger partial charge on any atom is -0.428 e. The molecule has 0 amide bonds. The van der Waals surface area contributed by atoms with Crippen molar-refractivity contribution in [3.8, 4) is 0 Å². The second-order valence-corrected chi connectivity index (χ2v) is 6.17. The summed E-state index contributed by atoms with van der Waals surface area (Å²) in [5, 5.41) is 0. The number of halogens is 1. The molecule has 2 rings (SSSR count). The van der Waals surface area contributed by atoms with Crippen molar-refractivity contribution in [2.75, 3.05) is 13.6 Å². The largest absolute Gasteiger partial charge is 0.428 e. The van der Waals surface area contributed by atoms with Crippen LogP contribution < -0.4 is 5.73 Å². The number of carbonyl (C=O) groups is 4. The van der Waals surface area contributed by atoms with E-state index < -0.39 is 48.9 Å². The van der Waals surface area contributed by atoms with E-state index in [4.69, 9.17) is 24.7 Å². The first-order chi connectivity index (χ1) is 11.8. The van der Waals surface area contributed by atoms with Crippen LogP contribution in [0.3, 0.4) is 0 Å². The summed E-state index contributed by atoms with van der Waals surface area (Å²) in [6.45, 7) is 2.30. The Bertz CT molecular complexity index is 568. The van der Waals surface area contributed by atoms with Gasteiger partial charge in [-0.2, -0.15) is 0 Å². The molecule has 0 aromatic carbocycles. The Kier molecular flexibility index (Phi) is 7.83. The second kappa shape index (κ2) is 9.18. The number of fused-ring (bicyclic) bond motifs is 1. The molecule has 0 aromatic heterocycles. The third kappa shape index (κ3) is 4.64. The summed E-state index contributed by atoms with van der Waals surface area (Å²) in [6, 6.07) is 0. The third-order valence-corrected chi connectivity index (χ3v) is 4.72. The molecule has 0 spiro atoms. The lowest BCUT2D eigenvalue weighted by atomic mass is 9.91. The number of rotatable bonds is 8. The van der Waals surface area contributed by atoms with Gasteiger partial charge in [-0.05, 0) is 18.8 Å². The molecule has 2 aliphatic rings. The van der Waals surface area contributed by atoms with Gasteiger partial charge < -0.3 is 24.7 Å². The maximum atomic E-state index is 12.2. The van der Waals surface area contributed by atoms with E-state index in [0.717, 1.165) is 0 Å². The lowest BCUT2D eigenvalue weighted by Crippen LogP contribution is -2.51. The Hall–Kier alpha value is -1.87. The van der Waals surface area contributed by atoms with Crippen LogP contribution in [-0.2, 0) is 38.1 Å². The first kappa shape index (κ1) is 22.2. The van der Waals surface area contributed by atoms with Crippen molar-refractivity contribution in [3.05, 3.63) is 0 Å². The second-order valence-electron chi connectivity index (χ2n) is 6.17. The molecule has 9 nitrogen and oxygen atoms in total. The van der Waals surface area contributed by atoms with E-state index >= 15 is 0 Å². The van der Waals surface area contributed by atoms with Crippen LogP contribution in [0, 0.1) is 17.8 Å². The van der Waals surface area contributed by atoms with Crippen LogP contribution in [0.2, 0.25) is 0 Å². The molecule has 0 aromatic rings. The molecule has 4 atom stereocenters. The molecule has 2 N–H and O–H groups in total. The zero-order chi connectivity index (χ0) is 18.6. The average Bonchev–Trinajstić information content (AvgIpc) is 3.24. The predicted molar refractivity (Wildman–Crippen MR) is 88.6 cm³/mol. The molecule has 0 bridgehead atoms. The first-order valence-electron chi connectivity index (χ1n) is 8.29. The van der Waals surface area contributed by atoms with Crippen molar-refractivity contribution in [3.63, 3.8) is 0 Å². The first-order valence-corrected chi connectivity index (χ1v) is 8.29. The monoisotopic (exact) mass is 393 g/mol. The van der Waals surface area contributed by atoms with Crippen molar-refractivity contribution < 1.29 is 38.1 Å². The Morgan fingerprint density at radius 3 is 2.04 bits per heavy atom. The van der Waals surface area contributed by atoms with Crippen LogP contribution >= 0.6 is 12.4 Å². The van der Waals surface area contributed by atoms with Crippen LogP contribution in [0.4, 0.5) is 0 Å². The highest BCUT2D eigenvalue weighted by atomic mass is 35.5. The smallest absolute Gasteiger partial charge is 0.329 e. The Labute approximate surface area is 157 Å². The number of esters is 4. The van der Waals surface area contributed by atoms with Crippen molar-refractivity contribution in [1.29, 1.82) is 0 Å². The number of ether oxygens (including phenoxy) is 4. The van der Waals surface area contributed by atoms with E-state index in [9.17, 15) is 19.2 Å². The highest BCUT2D eigenvalue weighted by Gasteiger charge is 2.70. The molecule has 2 saturated carbocycles. The standard InChI is InChI=1S/C16H23NO8.ClH/c1-3-10(18)22-7-24-14(20)12-9-5-6-16(17,13(9)12)15(21)25-8-23-11(19)4-2;/h9,12-13H,3-8,17H2,1-2H3;1H/t9-,12-,13-,16-;/m0./s1. The van der Waals surface area contributed by atoms with Gasteiger partial charge in [0.15, 0.2) is 0 Å². The van der Waals surface area contributed by atoms with Gasteiger partial charge in [0.1, 0.15) is 5.54 Å². The zero-order valence-corrected chi connectivity index (χ0v) is 15.5. The highest BCUT2D eigenvalue weighted by Crippen LogP contribution is 2.62. The fraction of sp³-hybridized carbons (Fsp3) is 0.750. The Morgan fingerprint density at radius 1 is 0.962 bits per heavy atom. The maximum Gasteiger partial charge on any atom is 0.329 e. The molecular formula is C16H24ClNO8. The summed E-state index contributed by atoms with van der Waals surface area (Å²) in [7, 11) is 0. The Morgan fingerprint density at radius 2 is 1.50 bits per heavy atom. The fourth-order valence-corrected chi connectivity index (χ4v) is 3.30. The van der Waals surface area contributed by atoms with Gasteiger partial charge in [-0.1, -0.05) is 13.8 Å². The number of nitrogens with two attached hydrogens (primary N) is 1. The van der Waals surface area contributed by atoms with Crippen LogP contribution in [-0.4, -0.2) is 43.0 Å². The van der Waals surface area contributed by atoms with Crippen molar-refractivity contribution >= 4 is 36.3 Å². The van der Waals surface area contributed by atoms with Crippen LogP contribution in [0.1, 0.15) is 39.5 Å². The van der Waals surface area contributed by atoms with Crippen LogP contribution in [0.15, 0.2) is 0 Å². The van der Waals surface area contributed by atoms with E-state index in [-0.39, 0.29) is 37.1 Å². The van der Waals surface area contributed by atoms with Gasteiger partial charge in [0.05, 0.1) is 5.92 Å². The summed E-state index contributed by atoms with van der Waals surface area (Å²) in [4.78, 5) is 46.3. The molecule has 0 radical (unpaired) electrons. The highest BCUT2D eigenvalue weighted by molar-refractivity contribution is 5.87. The minimum atomic E-state index is -1.30. The van der Waals surface area contributed by atoms with Gasteiger partial charge >= 0.3 is 23.9 Å². The molecule has 10 heteroatoms. The summed E-state index contributed by atoms with van der Waals surface area (Å²) in [5.74, 6) is -3.14.